The number of likely N-dealkylation sites (tertiary alicyclic amines) is 1. The van der Waals surface area contributed by atoms with Gasteiger partial charge in [0.05, 0.1) is 31.5 Å². The number of piperidine rings is 1. The lowest BCUT2D eigenvalue weighted by atomic mass is 9.91. The third kappa shape index (κ3) is 4.77. The van der Waals surface area contributed by atoms with Gasteiger partial charge >= 0.3 is 5.97 Å². The Morgan fingerprint density at radius 1 is 1.23 bits per heavy atom. The van der Waals surface area contributed by atoms with Gasteiger partial charge in [-0.15, -0.1) is 0 Å². The molecule has 3 heterocycles. The van der Waals surface area contributed by atoms with Crippen LogP contribution in [0.4, 0.5) is 0 Å². The maximum absolute atomic E-state index is 12.6. The summed E-state index contributed by atoms with van der Waals surface area (Å²) < 4.78 is 10.9. The number of ether oxygens (including phenoxy) is 1. The van der Waals surface area contributed by atoms with Crippen LogP contribution in [0.5, 0.6) is 5.75 Å². The molecule has 1 saturated heterocycles. The number of methoxy groups -OCH3 is 1. The van der Waals surface area contributed by atoms with E-state index in [-0.39, 0.29) is 12.2 Å². The first-order chi connectivity index (χ1) is 15.0. The van der Waals surface area contributed by atoms with E-state index in [0.717, 1.165) is 42.4 Å². The summed E-state index contributed by atoms with van der Waals surface area (Å²) in [5, 5.41) is 11.5. The van der Waals surface area contributed by atoms with E-state index in [9.17, 15) is 14.7 Å². The molecule has 7 heteroatoms. The molecule has 0 radical (unpaired) electrons. The summed E-state index contributed by atoms with van der Waals surface area (Å²) in [5.74, 6) is -1.02. The van der Waals surface area contributed by atoms with Gasteiger partial charge < -0.3 is 14.3 Å². The van der Waals surface area contributed by atoms with Gasteiger partial charge in [-0.3, -0.25) is 19.5 Å². The second-order valence-corrected chi connectivity index (χ2v) is 7.92. The van der Waals surface area contributed by atoms with Crippen LogP contribution in [-0.4, -0.2) is 41.2 Å². The summed E-state index contributed by atoms with van der Waals surface area (Å²) >= 11 is 0. The van der Waals surface area contributed by atoms with E-state index in [1.807, 2.05) is 30.3 Å². The first kappa shape index (κ1) is 21.1. The van der Waals surface area contributed by atoms with Crippen molar-refractivity contribution in [2.24, 2.45) is 0 Å². The SMILES string of the molecule is COC(=O)C[C@@H](c1ccc2ncccc2c1)c1oc(CN2CCCCC2)cc(=O)c1O. The molecule has 0 aliphatic carbocycles. The molecule has 1 atom stereocenters. The average Bonchev–Trinajstić information content (AvgIpc) is 2.80. The molecular weight excluding hydrogens is 396 g/mol. The highest BCUT2D eigenvalue weighted by Gasteiger charge is 2.27. The molecule has 0 spiro atoms. The van der Waals surface area contributed by atoms with E-state index in [4.69, 9.17) is 9.15 Å². The number of carbonyl (C=O) groups excluding carboxylic acids is 1. The minimum Gasteiger partial charge on any atom is -0.502 e. The Morgan fingerprint density at radius 2 is 2.03 bits per heavy atom. The summed E-state index contributed by atoms with van der Waals surface area (Å²) in [6.07, 6.45) is 5.09. The van der Waals surface area contributed by atoms with E-state index in [2.05, 4.69) is 9.88 Å². The molecular formula is C24H26N2O5. The third-order valence-electron chi connectivity index (χ3n) is 5.77. The molecule has 1 aliphatic rings. The van der Waals surface area contributed by atoms with Gasteiger partial charge in [-0.25, -0.2) is 0 Å². The fraction of sp³-hybridized carbons (Fsp3) is 0.375. The molecule has 0 saturated carbocycles. The summed E-state index contributed by atoms with van der Waals surface area (Å²) in [4.78, 5) is 31.3. The van der Waals surface area contributed by atoms with Gasteiger partial charge in [0.2, 0.25) is 11.2 Å². The Balaban J connectivity index is 1.76. The Hall–Kier alpha value is -3.19. The maximum atomic E-state index is 12.6. The topological polar surface area (TPSA) is 92.9 Å². The number of esters is 1. The zero-order chi connectivity index (χ0) is 21.8. The van der Waals surface area contributed by atoms with Crippen molar-refractivity contribution in [1.29, 1.82) is 0 Å². The largest absolute Gasteiger partial charge is 0.502 e. The fourth-order valence-electron chi connectivity index (χ4n) is 4.13. The molecule has 3 aromatic rings. The molecule has 1 aromatic carbocycles. The van der Waals surface area contributed by atoms with Crippen LogP contribution in [0.3, 0.4) is 0 Å². The third-order valence-corrected chi connectivity index (χ3v) is 5.77. The van der Waals surface area contributed by atoms with E-state index in [0.29, 0.717) is 12.3 Å². The van der Waals surface area contributed by atoms with Crippen LogP contribution in [0.15, 0.2) is 51.8 Å². The number of aromatic nitrogens is 1. The standard InChI is InChI=1S/C24H26N2O5/c1-30-22(28)14-19(16-7-8-20-17(12-16)6-5-9-25-20)24-23(29)21(27)13-18(31-24)15-26-10-3-2-4-11-26/h5-9,12-13,19,29H,2-4,10-11,14-15H2,1H3/t19-/m0/s1. The van der Waals surface area contributed by atoms with Gasteiger partial charge in [0.1, 0.15) is 5.76 Å². The van der Waals surface area contributed by atoms with E-state index in [1.165, 1.54) is 19.6 Å². The zero-order valence-electron chi connectivity index (χ0n) is 17.5. The lowest BCUT2D eigenvalue weighted by Gasteiger charge is -2.26. The number of carbonyl (C=O) groups is 1. The van der Waals surface area contributed by atoms with E-state index in [1.54, 1.807) is 6.20 Å². The molecule has 31 heavy (non-hydrogen) atoms. The quantitative estimate of drug-likeness (QED) is 0.607. The smallest absolute Gasteiger partial charge is 0.306 e. The minimum absolute atomic E-state index is 0.0636. The first-order valence-electron chi connectivity index (χ1n) is 10.5. The highest BCUT2D eigenvalue weighted by atomic mass is 16.5. The number of fused-ring (bicyclic) bond motifs is 1. The molecule has 7 nitrogen and oxygen atoms in total. The lowest BCUT2D eigenvalue weighted by Crippen LogP contribution is -2.29. The second-order valence-electron chi connectivity index (χ2n) is 7.92. The van der Waals surface area contributed by atoms with Gasteiger partial charge in [-0.1, -0.05) is 18.6 Å². The Bertz CT molecular complexity index is 1130. The number of hydrogen-bond donors (Lipinski definition) is 1. The van der Waals surface area contributed by atoms with Crippen molar-refractivity contribution < 1.29 is 19.1 Å². The zero-order valence-corrected chi connectivity index (χ0v) is 17.5. The first-order valence-corrected chi connectivity index (χ1v) is 10.5. The molecule has 1 fully saturated rings. The van der Waals surface area contributed by atoms with E-state index >= 15 is 0 Å². The van der Waals surface area contributed by atoms with Crippen molar-refractivity contribution in [3.8, 4) is 5.75 Å². The van der Waals surface area contributed by atoms with Crippen molar-refractivity contribution >= 4 is 16.9 Å². The molecule has 1 N–H and O–H groups in total. The van der Waals surface area contributed by atoms with E-state index < -0.39 is 23.1 Å². The second kappa shape index (κ2) is 9.31. The molecule has 4 rings (SSSR count). The molecule has 2 aromatic heterocycles. The summed E-state index contributed by atoms with van der Waals surface area (Å²) in [6, 6.07) is 10.7. The predicted octanol–water partition coefficient (Wildman–Crippen LogP) is 3.57. The number of pyridine rings is 1. The van der Waals surface area contributed by atoms with Gasteiger partial charge in [0, 0.05) is 17.6 Å². The van der Waals surface area contributed by atoms with Gasteiger partial charge in [-0.05, 0) is 49.7 Å². The lowest BCUT2D eigenvalue weighted by molar-refractivity contribution is -0.140. The van der Waals surface area contributed by atoms with Crippen LogP contribution < -0.4 is 5.43 Å². The van der Waals surface area contributed by atoms with Crippen LogP contribution in [0.25, 0.3) is 10.9 Å². The number of rotatable bonds is 6. The minimum atomic E-state index is -0.661. The highest BCUT2D eigenvalue weighted by molar-refractivity contribution is 5.80. The average molecular weight is 422 g/mol. The Labute approximate surface area is 180 Å². The Morgan fingerprint density at radius 3 is 2.81 bits per heavy atom. The summed E-state index contributed by atoms with van der Waals surface area (Å²) in [5.41, 5.74) is 1.04. The van der Waals surface area contributed by atoms with Crippen molar-refractivity contribution in [3.05, 3.63) is 69.9 Å². The van der Waals surface area contributed by atoms with Crippen molar-refractivity contribution in [1.82, 2.24) is 9.88 Å². The van der Waals surface area contributed by atoms with Crippen molar-refractivity contribution in [2.75, 3.05) is 20.2 Å². The summed E-state index contributed by atoms with van der Waals surface area (Å²) in [6.45, 7) is 2.39. The van der Waals surface area contributed by atoms with Crippen LogP contribution in [0.1, 0.15) is 48.7 Å². The number of hydrogen-bond acceptors (Lipinski definition) is 7. The maximum Gasteiger partial charge on any atom is 0.306 e. The van der Waals surface area contributed by atoms with Gasteiger partial charge in [0.25, 0.3) is 0 Å². The molecule has 0 unspecified atom stereocenters. The number of benzene rings is 1. The number of nitrogens with zero attached hydrogens (tertiary/aromatic N) is 2. The molecule has 0 amide bonds. The van der Waals surface area contributed by atoms with Crippen molar-refractivity contribution in [2.45, 2.75) is 38.1 Å². The van der Waals surface area contributed by atoms with Crippen LogP contribution in [-0.2, 0) is 16.1 Å². The number of aromatic hydroxyl groups is 1. The Kier molecular flexibility index (Phi) is 6.32. The molecule has 0 bridgehead atoms. The van der Waals surface area contributed by atoms with Gasteiger partial charge in [-0.2, -0.15) is 0 Å². The predicted molar refractivity (Wildman–Crippen MR) is 116 cm³/mol. The normalized spacial score (nSPS) is 15.6. The molecule has 1 aliphatic heterocycles. The van der Waals surface area contributed by atoms with Crippen molar-refractivity contribution in [3.63, 3.8) is 0 Å². The van der Waals surface area contributed by atoms with Crippen LogP contribution >= 0.6 is 0 Å². The monoisotopic (exact) mass is 422 g/mol. The highest BCUT2D eigenvalue weighted by Crippen LogP contribution is 2.34. The fourth-order valence-corrected chi connectivity index (χ4v) is 4.13. The van der Waals surface area contributed by atoms with Crippen LogP contribution in [0.2, 0.25) is 0 Å². The van der Waals surface area contributed by atoms with Gasteiger partial charge in [0.15, 0.2) is 5.76 Å². The molecule has 162 valence electrons. The van der Waals surface area contributed by atoms with Crippen LogP contribution in [0, 0.1) is 0 Å². The summed E-state index contributed by atoms with van der Waals surface area (Å²) in [7, 11) is 1.31.